The highest BCUT2D eigenvalue weighted by Gasteiger charge is 2.17. The topological polar surface area (TPSA) is 37.0 Å². The summed E-state index contributed by atoms with van der Waals surface area (Å²) in [5.74, 6) is 1.52. The predicted octanol–water partition coefficient (Wildman–Crippen LogP) is 1.65. The molecule has 6 heteroatoms. The maximum absolute atomic E-state index is 5.48. The van der Waals surface area contributed by atoms with Gasteiger partial charge in [0.2, 0.25) is 0 Å². The molecule has 0 aliphatic carbocycles. The second-order valence-electron chi connectivity index (χ2n) is 4.79. The predicted molar refractivity (Wildman–Crippen MR) is 84.8 cm³/mol. The Morgan fingerprint density at radius 2 is 1.85 bits per heavy atom. The normalized spacial score (nSPS) is 15.8. The Kier molecular flexibility index (Phi) is 5.03. The number of methoxy groups -OCH3 is 2. The molecule has 0 aromatic heterocycles. The van der Waals surface area contributed by atoms with Gasteiger partial charge in [-0.1, -0.05) is 0 Å². The molecule has 1 N–H and O–H groups in total. The number of thiocarbonyl (C=S) groups is 1. The molecule has 0 saturated carbocycles. The molecule has 0 amide bonds. The molecule has 1 aliphatic heterocycles. The van der Waals surface area contributed by atoms with Gasteiger partial charge in [0.15, 0.2) is 5.11 Å². The maximum atomic E-state index is 5.48. The minimum Gasteiger partial charge on any atom is -0.497 e. The smallest absolute Gasteiger partial charge is 0.173 e. The first-order valence-electron chi connectivity index (χ1n) is 6.60. The van der Waals surface area contributed by atoms with Gasteiger partial charge >= 0.3 is 0 Å². The monoisotopic (exact) mass is 295 g/mol. The van der Waals surface area contributed by atoms with Gasteiger partial charge in [-0.25, -0.2) is 0 Å². The summed E-state index contributed by atoms with van der Waals surface area (Å²) < 4.78 is 10.6. The maximum Gasteiger partial charge on any atom is 0.173 e. The minimum atomic E-state index is 0.727. The van der Waals surface area contributed by atoms with Crippen molar-refractivity contribution in [1.82, 2.24) is 9.80 Å². The third-order valence-electron chi connectivity index (χ3n) is 3.44. The quantitative estimate of drug-likeness (QED) is 0.855. The fourth-order valence-corrected chi connectivity index (χ4v) is 2.41. The average Bonchev–Trinajstić information content (AvgIpc) is 2.47. The number of nitrogens with one attached hydrogen (secondary N) is 1. The van der Waals surface area contributed by atoms with E-state index in [4.69, 9.17) is 21.7 Å². The lowest BCUT2D eigenvalue weighted by atomic mass is 10.2. The second-order valence-corrected chi connectivity index (χ2v) is 5.17. The van der Waals surface area contributed by atoms with E-state index in [9.17, 15) is 0 Å². The second kappa shape index (κ2) is 6.76. The van der Waals surface area contributed by atoms with E-state index < -0.39 is 0 Å². The molecule has 20 heavy (non-hydrogen) atoms. The van der Waals surface area contributed by atoms with Crippen LogP contribution in [0.25, 0.3) is 0 Å². The molecule has 5 nitrogen and oxygen atoms in total. The Morgan fingerprint density at radius 1 is 1.15 bits per heavy atom. The number of piperazine rings is 1. The summed E-state index contributed by atoms with van der Waals surface area (Å²) in [4.78, 5) is 4.47. The van der Waals surface area contributed by atoms with Crippen LogP contribution < -0.4 is 14.8 Å². The fraction of sp³-hybridized carbons (Fsp3) is 0.500. The summed E-state index contributed by atoms with van der Waals surface area (Å²) >= 11 is 5.48. The summed E-state index contributed by atoms with van der Waals surface area (Å²) in [5.41, 5.74) is 0.829. The van der Waals surface area contributed by atoms with Crippen molar-refractivity contribution in [3.05, 3.63) is 18.2 Å². The fourth-order valence-electron chi connectivity index (χ4n) is 2.12. The molecule has 0 spiro atoms. The Bertz CT molecular complexity index is 473. The largest absolute Gasteiger partial charge is 0.497 e. The van der Waals surface area contributed by atoms with Crippen LogP contribution in [0.5, 0.6) is 11.5 Å². The molecule has 1 aromatic carbocycles. The van der Waals surface area contributed by atoms with E-state index in [1.54, 1.807) is 14.2 Å². The summed E-state index contributed by atoms with van der Waals surface area (Å²) in [7, 11) is 5.41. The lowest BCUT2D eigenvalue weighted by Gasteiger charge is -2.34. The van der Waals surface area contributed by atoms with E-state index in [1.165, 1.54) is 0 Å². The zero-order valence-electron chi connectivity index (χ0n) is 12.2. The molecule has 0 radical (unpaired) electrons. The number of hydrogen-bond acceptors (Lipinski definition) is 4. The molecule has 1 aliphatic rings. The molecule has 0 bridgehead atoms. The SMILES string of the molecule is COc1ccc(OC)c(NC(=S)N2CCN(C)CC2)c1. The van der Waals surface area contributed by atoms with Crippen molar-refractivity contribution in [2.45, 2.75) is 0 Å². The van der Waals surface area contributed by atoms with Crippen molar-refractivity contribution >= 4 is 23.0 Å². The molecule has 0 atom stereocenters. The minimum absolute atomic E-state index is 0.727. The summed E-state index contributed by atoms with van der Waals surface area (Å²) in [6, 6.07) is 5.62. The van der Waals surface area contributed by atoms with Crippen LogP contribution in [0.2, 0.25) is 0 Å². The third-order valence-corrected chi connectivity index (χ3v) is 3.80. The van der Waals surface area contributed by atoms with Gasteiger partial charge in [-0.05, 0) is 31.4 Å². The van der Waals surface area contributed by atoms with Crippen molar-refractivity contribution in [3.8, 4) is 11.5 Å². The van der Waals surface area contributed by atoms with Crippen LogP contribution in [-0.2, 0) is 0 Å². The number of likely N-dealkylation sites (N-methyl/N-ethyl adjacent to an activating group) is 1. The Morgan fingerprint density at radius 3 is 2.45 bits per heavy atom. The van der Waals surface area contributed by atoms with Gasteiger partial charge in [0.1, 0.15) is 11.5 Å². The van der Waals surface area contributed by atoms with Gasteiger partial charge < -0.3 is 24.6 Å². The van der Waals surface area contributed by atoms with Crippen molar-refractivity contribution in [2.75, 3.05) is 52.8 Å². The summed E-state index contributed by atoms with van der Waals surface area (Å²) in [6.45, 7) is 3.93. The number of rotatable bonds is 3. The molecule has 2 rings (SSSR count). The lowest BCUT2D eigenvalue weighted by molar-refractivity contribution is 0.217. The van der Waals surface area contributed by atoms with Gasteiger partial charge in [-0.3, -0.25) is 0 Å². The molecule has 1 aromatic rings. The van der Waals surface area contributed by atoms with Crippen LogP contribution >= 0.6 is 12.2 Å². The van der Waals surface area contributed by atoms with Gasteiger partial charge in [0, 0.05) is 32.2 Å². The molecule has 110 valence electrons. The van der Waals surface area contributed by atoms with E-state index in [-0.39, 0.29) is 0 Å². The number of benzene rings is 1. The number of hydrogen-bond donors (Lipinski definition) is 1. The summed E-state index contributed by atoms with van der Waals surface area (Å²) in [5, 5.41) is 3.98. The Hall–Kier alpha value is -1.53. The van der Waals surface area contributed by atoms with Crippen LogP contribution in [-0.4, -0.2) is 62.4 Å². The molecule has 1 saturated heterocycles. The van der Waals surface area contributed by atoms with Crippen LogP contribution in [0.15, 0.2) is 18.2 Å². The lowest BCUT2D eigenvalue weighted by Crippen LogP contribution is -2.48. The van der Waals surface area contributed by atoms with Gasteiger partial charge in [0.25, 0.3) is 0 Å². The van der Waals surface area contributed by atoms with Crippen molar-refractivity contribution in [2.24, 2.45) is 0 Å². The van der Waals surface area contributed by atoms with Gasteiger partial charge in [-0.2, -0.15) is 0 Å². The van der Waals surface area contributed by atoms with E-state index in [2.05, 4.69) is 22.2 Å². The first kappa shape index (κ1) is 14.9. The van der Waals surface area contributed by atoms with E-state index in [0.29, 0.717) is 0 Å². The Labute approximate surface area is 125 Å². The standard InChI is InChI=1S/C14H21N3O2S/c1-16-6-8-17(9-7-16)14(20)15-12-10-11(18-2)4-5-13(12)19-3/h4-5,10H,6-9H2,1-3H3,(H,15,20). The molecule has 0 unspecified atom stereocenters. The van der Waals surface area contributed by atoms with Crippen LogP contribution in [0.4, 0.5) is 5.69 Å². The highest BCUT2D eigenvalue weighted by atomic mass is 32.1. The highest BCUT2D eigenvalue weighted by molar-refractivity contribution is 7.80. The zero-order valence-corrected chi connectivity index (χ0v) is 13.0. The first-order valence-corrected chi connectivity index (χ1v) is 7.01. The van der Waals surface area contributed by atoms with E-state index in [1.807, 2.05) is 18.2 Å². The van der Waals surface area contributed by atoms with Gasteiger partial charge in [-0.15, -0.1) is 0 Å². The number of anilines is 1. The third kappa shape index (κ3) is 3.52. The Balaban J connectivity index is 2.06. The van der Waals surface area contributed by atoms with Crippen LogP contribution in [0.1, 0.15) is 0 Å². The van der Waals surface area contributed by atoms with Crippen molar-refractivity contribution in [3.63, 3.8) is 0 Å². The van der Waals surface area contributed by atoms with Crippen LogP contribution in [0, 0.1) is 0 Å². The average molecular weight is 295 g/mol. The molecular formula is C14H21N3O2S. The van der Waals surface area contributed by atoms with E-state index in [0.717, 1.165) is 48.5 Å². The molecule has 1 fully saturated rings. The molecular weight excluding hydrogens is 274 g/mol. The number of nitrogens with zero attached hydrogens (tertiary/aromatic N) is 2. The number of ether oxygens (including phenoxy) is 2. The zero-order chi connectivity index (χ0) is 14.5. The summed E-state index contributed by atoms with van der Waals surface area (Å²) in [6.07, 6.45) is 0. The van der Waals surface area contributed by atoms with Crippen molar-refractivity contribution in [1.29, 1.82) is 0 Å². The molecule has 1 heterocycles. The first-order chi connectivity index (χ1) is 9.63. The highest BCUT2D eigenvalue weighted by Crippen LogP contribution is 2.29. The van der Waals surface area contributed by atoms with Crippen molar-refractivity contribution < 1.29 is 9.47 Å². The van der Waals surface area contributed by atoms with Gasteiger partial charge in [0.05, 0.1) is 19.9 Å². The van der Waals surface area contributed by atoms with E-state index >= 15 is 0 Å². The van der Waals surface area contributed by atoms with Crippen LogP contribution in [0.3, 0.4) is 0 Å².